The van der Waals surface area contributed by atoms with Crippen molar-refractivity contribution < 1.29 is 4.74 Å². The third-order valence-electron chi connectivity index (χ3n) is 2.98. The molecule has 0 spiro atoms. The molecule has 0 aliphatic rings. The van der Waals surface area contributed by atoms with Crippen LogP contribution in [0, 0.1) is 0 Å². The number of rotatable bonds is 6. The Morgan fingerprint density at radius 1 is 1.32 bits per heavy atom. The van der Waals surface area contributed by atoms with Gasteiger partial charge in [0.05, 0.1) is 11.7 Å². The predicted molar refractivity (Wildman–Crippen MR) is 76.6 cm³/mol. The van der Waals surface area contributed by atoms with Gasteiger partial charge in [-0.3, -0.25) is 4.68 Å². The zero-order valence-electron chi connectivity index (χ0n) is 11.1. The van der Waals surface area contributed by atoms with Crippen LogP contribution in [0.4, 0.5) is 0 Å². The normalized spacial score (nSPS) is 12.4. The van der Waals surface area contributed by atoms with Crippen molar-refractivity contribution in [3.8, 4) is 5.75 Å². The SMILES string of the molecule is CCn1nccc1C(COc1ccc(Cl)cc1)NC. The molecule has 0 aliphatic heterocycles. The van der Waals surface area contributed by atoms with Crippen LogP contribution in [0.1, 0.15) is 18.7 Å². The minimum atomic E-state index is 0.109. The number of aryl methyl sites for hydroxylation is 1. The predicted octanol–water partition coefficient (Wildman–Crippen LogP) is 2.90. The van der Waals surface area contributed by atoms with Crippen molar-refractivity contribution in [3.05, 3.63) is 47.2 Å². The Hall–Kier alpha value is -1.52. The molecule has 0 radical (unpaired) electrons. The Kier molecular flexibility index (Phi) is 4.82. The van der Waals surface area contributed by atoms with Crippen molar-refractivity contribution in [2.75, 3.05) is 13.7 Å². The van der Waals surface area contributed by atoms with Gasteiger partial charge >= 0.3 is 0 Å². The summed E-state index contributed by atoms with van der Waals surface area (Å²) in [6, 6.07) is 9.50. The third kappa shape index (κ3) is 3.49. The van der Waals surface area contributed by atoms with Crippen LogP contribution in [0.3, 0.4) is 0 Å². The molecule has 4 nitrogen and oxygen atoms in total. The van der Waals surface area contributed by atoms with E-state index in [1.54, 1.807) is 0 Å². The number of nitrogens with zero attached hydrogens (tertiary/aromatic N) is 2. The lowest BCUT2D eigenvalue weighted by atomic mass is 10.2. The van der Waals surface area contributed by atoms with Crippen LogP contribution in [0.15, 0.2) is 36.5 Å². The number of nitrogens with one attached hydrogen (secondary N) is 1. The van der Waals surface area contributed by atoms with E-state index in [9.17, 15) is 0 Å². The standard InChI is InChI=1S/C14H18ClN3O/c1-3-18-14(8-9-17-18)13(16-2)10-19-12-6-4-11(15)5-7-12/h4-9,13,16H,3,10H2,1-2H3. The van der Waals surface area contributed by atoms with Crippen LogP contribution >= 0.6 is 11.6 Å². The summed E-state index contributed by atoms with van der Waals surface area (Å²) in [4.78, 5) is 0. The second kappa shape index (κ2) is 6.59. The van der Waals surface area contributed by atoms with E-state index in [0.29, 0.717) is 11.6 Å². The minimum Gasteiger partial charge on any atom is -0.492 e. The lowest BCUT2D eigenvalue weighted by Gasteiger charge is -2.18. The summed E-state index contributed by atoms with van der Waals surface area (Å²) in [5.74, 6) is 0.812. The molecule has 1 unspecified atom stereocenters. The van der Waals surface area contributed by atoms with Crippen molar-refractivity contribution in [2.24, 2.45) is 0 Å². The number of benzene rings is 1. The number of ether oxygens (including phenoxy) is 1. The van der Waals surface area contributed by atoms with Crippen LogP contribution in [-0.4, -0.2) is 23.4 Å². The highest BCUT2D eigenvalue weighted by Crippen LogP contribution is 2.18. The number of hydrogen-bond donors (Lipinski definition) is 1. The quantitative estimate of drug-likeness (QED) is 0.884. The van der Waals surface area contributed by atoms with Gasteiger partial charge in [0.15, 0.2) is 0 Å². The van der Waals surface area contributed by atoms with Crippen molar-refractivity contribution in [2.45, 2.75) is 19.5 Å². The third-order valence-corrected chi connectivity index (χ3v) is 3.24. The van der Waals surface area contributed by atoms with Crippen LogP contribution in [-0.2, 0) is 6.54 Å². The molecule has 102 valence electrons. The molecule has 1 aromatic carbocycles. The lowest BCUT2D eigenvalue weighted by molar-refractivity contribution is 0.266. The number of hydrogen-bond acceptors (Lipinski definition) is 3. The average molecular weight is 280 g/mol. The maximum atomic E-state index is 5.84. The molecule has 5 heteroatoms. The van der Waals surface area contributed by atoms with Crippen LogP contribution in [0.2, 0.25) is 5.02 Å². The van der Waals surface area contributed by atoms with Gasteiger partial charge in [-0.15, -0.1) is 0 Å². The van der Waals surface area contributed by atoms with Gasteiger partial charge in [0.25, 0.3) is 0 Å². The van der Waals surface area contributed by atoms with Gasteiger partial charge in [-0.1, -0.05) is 11.6 Å². The number of halogens is 1. The zero-order chi connectivity index (χ0) is 13.7. The summed E-state index contributed by atoms with van der Waals surface area (Å²) in [7, 11) is 1.92. The molecule has 19 heavy (non-hydrogen) atoms. The van der Waals surface area contributed by atoms with E-state index in [4.69, 9.17) is 16.3 Å². The van der Waals surface area contributed by atoms with E-state index in [1.807, 2.05) is 48.3 Å². The Labute approximate surface area is 118 Å². The second-order valence-corrected chi connectivity index (χ2v) is 4.61. The van der Waals surface area contributed by atoms with E-state index in [0.717, 1.165) is 18.0 Å². The van der Waals surface area contributed by atoms with Gasteiger partial charge in [-0.05, 0) is 44.3 Å². The monoisotopic (exact) mass is 279 g/mol. The fourth-order valence-electron chi connectivity index (χ4n) is 1.93. The highest BCUT2D eigenvalue weighted by atomic mass is 35.5. The van der Waals surface area contributed by atoms with E-state index >= 15 is 0 Å². The van der Waals surface area contributed by atoms with Crippen LogP contribution in [0.5, 0.6) is 5.75 Å². The molecule has 0 aliphatic carbocycles. The Morgan fingerprint density at radius 2 is 2.05 bits per heavy atom. The summed E-state index contributed by atoms with van der Waals surface area (Å²) < 4.78 is 7.74. The molecule has 1 N–H and O–H groups in total. The molecule has 0 amide bonds. The molecule has 1 aromatic heterocycles. The van der Waals surface area contributed by atoms with Gasteiger partial charge < -0.3 is 10.1 Å². The maximum Gasteiger partial charge on any atom is 0.119 e. The first-order valence-corrected chi connectivity index (χ1v) is 6.69. The van der Waals surface area contributed by atoms with E-state index in [-0.39, 0.29) is 6.04 Å². The molecule has 0 fully saturated rings. The molecule has 1 atom stereocenters. The summed E-state index contributed by atoms with van der Waals surface area (Å²) in [6.07, 6.45) is 1.81. The number of aromatic nitrogens is 2. The van der Waals surface area contributed by atoms with Crippen LogP contribution in [0.25, 0.3) is 0 Å². The van der Waals surface area contributed by atoms with Crippen molar-refractivity contribution >= 4 is 11.6 Å². The number of likely N-dealkylation sites (N-methyl/N-ethyl adjacent to an activating group) is 1. The van der Waals surface area contributed by atoms with Gasteiger partial charge in [-0.25, -0.2) is 0 Å². The molecule has 0 bridgehead atoms. The Morgan fingerprint density at radius 3 is 2.68 bits per heavy atom. The summed E-state index contributed by atoms with van der Waals surface area (Å²) in [5, 5.41) is 8.23. The lowest BCUT2D eigenvalue weighted by Crippen LogP contribution is -2.26. The average Bonchev–Trinajstić information content (AvgIpc) is 2.90. The van der Waals surface area contributed by atoms with E-state index < -0.39 is 0 Å². The molecule has 0 saturated heterocycles. The zero-order valence-corrected chi connectivity index (χ0v) is 11.9. The Balaban J connectivity index is 2.02. The molecular formula is C14H18ClN3O. The summed E-state index contributed by atoms with van der Waals surface area (Å²) in [5.41, 5.74) is 1.12. The molecular weight excluding hydrogens is 262 g/mol. The van der Waals surface area contributed by atoms with Crippen molar-refractivity contribution in [3.63, 3.8) is 0 Å². The summed E-state index contributed by atoms with van der Waals surface area (Å²) >= 11 is 5.84. The highest BCUT2D eigenvalue weighted by molar-refractivity contribution is 6.30. The molecule has 1 heterocycles. The molecule has 2 aromatic rings. The van der Waals surface area contributed by atoms with Gasteiger partial charge in [0.1, 0.15) is 12.4 Å². The molecule has 0 saturated carbocycles. The highest BCUT2D eigenvalue weighted by Gasteiger charge is 2.14. The maximum absolute atomic E-state index is 5.84. The first-order valence-electron chi connectivity index (χ1n) is 6.32. The van der Waals surface area contributed by atoms with Crippen molar-refractivity contribution in [1.29, 1.82) is 0 Å². The van der Waals surface area contributed by atoms with Gasteiger partial charge in [-0.2, -0.15) is 5.10 Å². The Bertz CT molecular complexity index is 510. The fourth-order valence-corrected chi connectivity index (χ4v) is 2.06. The summed E-state index contributed by atoms with van der Waals surface area (Å²) in [6.45, 7) is 3.47. The largest absolute Gasteiger partial charge is 0.492 e. The van der Waals surface area contributed by atoms with Gasteiger partial charge in [0.2, 0.25) is 0 Å². The smallest absolute Gasteiger partial charge is 0.119 e. The first kappa shape index (κ1) is 13.9. The van der Waals surface area contributed by atoms with E-state index in [1.165, 1.54) is 0 Å². The van der Waals surface area contributed by atoms with Crippen molar-refractivity contribution in [1.82, 2.24) is 15.1 Å². The minimum absolute atomic E-state index is 0.109. The molecule has 2 rings (SSSR count). The van der Waals surface area contributed by atoms with Gasteiger partial charge in [0, 0.05) is 17.8 Å². The fraction of sp³-hybridized carbons (Fsp3) is 0.357. The first-order chi connectivity index (χ1) is 9.24. The second-order valence-electron chi connectivity index (χ2n) is 4.18. The van der Waals surface area contributed by atoms with E-state index in [2.05, 4.69) is 17.3 Å². The van der Waals surface area contributed by atoms with Crippen LogP contribution < -0.4 is 10.1 Å². The topological polar surface area (TPSA) is 39.1 Å².